The van der Waals surface area contributed by atoms with Crippen molar-refractivity contribution in [2.24, 2.45) is 0 Å². The van der Waals surface area contributed by atoms with E-state index < -0.39 is 0 Å². The van der Waals surface area contributed by atoms with Crippen LogP contribution >= 0.6 is 0 Å². The number of aliphatic hydroxyl groups excluding tert-OH is 1. The average Bonchev–Trinajstić information content (AvgIpc) is 2.41. The van der Waals surface area contributed by atoms with Crippen molar-refractivity contribution < 1.29 is 10.2 Å². The van der Waals surface area contributed by atoms with Crippen molar-refractivity contribution in [3.63, 3.8) is 0 Å². The quantitative estimate of drug-likeness (QED) is 0.660. The van der Waals surface area contributed by atoms with Gasteiger partial charge in [-0.3, -0.25) is 0 Å². The fourth-order valence-electron chi connectivity index (χ4n) is 1.61. The number of aromatic hydroxyl groups is 1. The van der Waals surface area contributed by atoms with Crippen molar-refractivity contribution in [2.45, 2.75) is 19.5 Å². The van der Waals surface area contributed by atoms with E-state index in [0.717, 1.165) is 11.1 Å². The van der Waals surface area contributed by atoms with E-state index in [2.05, 4.69) is 11.9 Å². The molecule has 0 aromatic heterocycles. The normalized spacial score (nSPS) is 13.2. The molecule has 3 heteroatoms. The standard InChI is InChI=1S/C16H21NO2/c1-3-4-5-8-13(2)15(12-18)17-11-14-9-6-7-10-16(14)19/h3-10,15,17-19H,2,11-12H2,1H3/b4-3-,8-5-/t15-/m1/s1. The smallest absolute Gasteiger partial charge is 0.120 e. The fourth-order valence-corrected chi connectivity index (χ4v) is 1.61. The number of hydrogen-bond donors (Lipinski definition) is 3. The van der Waals surface area contributed by atoms with Gasteiger partial charge in [0.1, 0.15) is 5.75 Å². The van der Waals surface area contributed by atoms with Crippen LogP contribution in [0.4, 0.5) is 0 Å². The molecule has 19 heavy (non-hydrogen) atoms. The maximum Gasteiger partial charge on any atom is 0.120 e. The Balaban J connectivity index is 2.58. The fraction of sp³-hybridized carbons (Fsp3) is 0.250. The summed E-state index contributed by atoms with van der Waals surface area (Å²) in [5.41, 5.74) is 1.60. The summed E-state index contributed by atoms with van der Waals surface area (Å²) >= 11 is 0. The van der Waals surface area contributed by atoms with Gasteiger partial charge in [-0.15, -0.1) is 0 Å². The van der Waals surface area contributed by atoms with Crippen molar-refractivity contribution >= 4 is 0 Å². The molecule has 0 unspecified atom stereocenters. The van der Waals surface area contributed by atoms with Crippen molar-refractivity contribution in [1.29, 1.82) is 0 Å². The third-order valence-corrected chi connectivity index (χ3v) is 2.77. The third-order valence-electron chi connectivity index (χ3n) is 2.77. The predicted molar refractivity (Wildman–Crippen MR) is 78.9 cm³/mol. The van der Waals surface area contributed by atoms with Gasteiger partial charge in [-0.2, -0.15) is 0 Å². The van der Waals surface area contributed by atoms with Crippen molar-refractivity contribution in [1.82, 2.24) is 5.32 Å². The molecular formula is C16H21NO2. The Bertz CT molecular complexity index is 464. The molecule has 1 atom stereocenters. The molecule has 1 aromatic rings. The lowest BCUT2D eigenvalue weighted by molar-refractivity contribution is 0.260. The molecule has 1 rings (SSSR count). The van der Waals surface area contributed by atoms with E-state index in [-0.39, 0.29) is 18.4 Å². The first-order valence-corrected chi connectivity index (χ1v) is 6.28. The molecule has 0 saturated carbocycles. The number of allylic oxidation sites excluding steroid dienone is 3. The van der Waals surface area contributed by atoms with Crippen LogP contribution in [0.1, 0.15) is 12.5 Å². The first-order chi connectivity index (χ1) is 9.19. The number of phenolic OH excluding ortho intramolecular Hbond substituents is 1. The second-order valence-electron chi connectivity index (χ2n) is 4.20. The Morgan fingerprint density at radius 2 is 2.11 bits per heavy atom. The molecular weight excluding hydrogens is 238 g/mol. The molecule has 0 aliphatic heterocycles. The van der Waals surface area contributed by atoms with Gasteiger partial charge in [0.2, 0.25) is 0 Å². The van der Waals surface area contributed by atoms with Crippen LogP contribution in [0.15, 0.2) is 60.7 Å². The molecule has 0 aliphatic carbocycles. The monoisotopic (exact) mass is 259 g/mol. The molecule has 0 amide bonds. The molecule has 102 valence electrons. The maximum atomic E-state index is 9.66. The molecule has 0 spiro atoms. The van der Waals surface area contributed by atoms with E-state index in [1.807, 2.05) is 43.4 Å². The first kappa shape index (κ1) is 15.2. The minimum absolute atomic E-state index is 0.0351. The van der Waals surface area contributed by atoms with Crippen LogP contribution in [-0.2, 0) is 6.54 Å². The summed E-state index contributed by atoms with van der Waals surface area (Å²) in [5.74, 6) is 0.252. The van der Waals surface area contributed by atoms with Gasteiger partial charge in [0.25, 0.3) is 0 Å². The van der Waals surface area contributed by atoms with Crippen LogP contribution < -0.4 is 5.32 Å². The number of nitrogens with one attached hydrogen (secondary N) is 1. The highest BCUT2D eigenvalue weighted by atomic mass is 16.3. The average molecular weight is 259 g/mol. The second kappa shape index (κ2) is 8.29. The highest BCUT2D eigenvalue weighted by Crippen LogP contribution is 2.15. The van der Waals surface area contributed by atoms with Gasteiger partial charge in [-0.05, 0) is 18.6 Å². The number of para-hydroxylation sites is 1. The second-order valence-corrected chi connectivity index (χ2v) is 4.20. The van der Waals surface area contributed by atoms with Gasteiger partial charge in [0.15, 0.2) is 0 Å². The van der Waals surface area contributed by atoms with Crippen LogP contribution in [0, 0.1) is 0 Å². The topological polar surface area (TPSA) is 52.5 Å². The summed E-state index contributed by atoms with van der Waals surface area (Å²) in [4.78, 5) is 0. The Morgan fingerprint density at radius 3 is 2.74 bits per heavy atom. The summed E-state index contributed by atoms with van der Waals surface area (Å²) in [5, 5.41) is 22.2. The highest BCUT2D eigenvalue weighted by molar-refractivity contribution is 5.32. The molecule has 3 nitrogen and oxygen atoms in total. The van der Waals surface area contributed by atoms with Crippen LogP contribution in [0.25, 0.3) is 0 Å². The minimum atomic E-state index is -0.221. The summed E-state index contributed by atoms with van der Waals surface area (Å²) in [7, 11) is 0. The molecule has 3 N–H and O–H groups in total. The number of hydrogen-bond acceptors (Lipinski definition) is 3. The molecule has 1 aromatic carbocycles. The summed E-state index contributed by atoms with van der Waals surface area (Å²) in [6, 6.07) is 6.91. The largest absolute Gasteiger partial charge is 0.508 e. The Hall–Kier alpha value is -1.84. The van der Waals surface area contributed by atoms with Crippen molar-refractivity contribution in [3.05, 3.63) is 66.3 Å². The van der Waals surface area contributed by atoms with Crippen LogP contribution in [0.3, 0.4) is 0 Å². The lowest BCUT2D eigenvalue weighted by Gasteiger charge is -2.17. The van der Waals surface area contributed by atoms with Crippen LogP contribution in [-0.4, -0.2) is 22.9 Å². The molecule has 0 fully saturated rings. The van der Waals surface area contributed by atoms with E-state index >= 15 is 0 Å². The number of phenols is 1. The van der Waals surface area contributed by atoms with E-state index in [4.69, 9.17) is 0 Å². The highest BCUT2D eigenvalue weighted by Gasteiger charge is 2.09. The van der Waals surface area contributed by atoms with E-state index in [9.17, 15) is 10.2 Å². The van der Waals surface area contributed by atoms with E-state index in [0.29, 0.717) is 6.54 Å². The van der Waals surface area contributed by atoms with Gasteiger partial charge < -0.3 is 15.5 Å². The number of benzene rings is 1. The third kappa shape index (κ3) is 5.12. The number of rotatable bonds is 7. The minimum Gasteiger partial charge on any atom is -0.508 e. The maximum absolute atomic E-state index is 9.66. The van der Waals surface area contributed by atoms with Crippen molar-refractivity contribution in [3.8, 4) is 5.75 Å². The Kier molecular flexibility index (Phi) is 6.64. The zero-order chi connectivity index (χ0) is 14.1. The summed E-state index contributed by atoms with van der Waals surface area (Å²) < 4.78 is 0. The SMILES string of the molecule is C=C(/C=C\C=C/C)[C@@H](CO)NCc1ccccc1O. The van der Waals surface area contributed by atoms with Gasteiger partial charge in [-0.25, -0.2) is 0 Å². The van der Waals surface area contributed by atoms with Crippen LogP contribution in [0.2, 0.25) is 0 Å². The predicted octanol–water partition coefficient (Wildman–Crippen LogP) is 2.53. The van der Waals surface area contributed by atoms with Crippen LogP contribution in [0.5, 0.6) is 5.75 Å². The zero-order valence-electron chi connectivity index (χ0n) is 11.2. The molecule has 0 saturated heterocycles. The summed E-state index contributed by atoms with van der Waals surface area (Å²) in [6.07, 6.45) is 7.57. The number of aliphatic hydroxyl groups is 1. The summed E-state index contributed by atoms with van der Waals surface area (Å²) in [6.45, 7) is 6.31. The Morgan fingerprint density at radius 1 is 1.37 bits per heavy atom. The van der Waals surface area contributed by atoms with Crippen molar-refractivity contribution in [2.75, 3.05) is 6.61 Å². The van der Waals surface area contributed by atoms with E-state index in [1.165, 1.54) is 0 Å². The van der Waals surface area contributed by atoms with Gasteiger partial charge >= 0.3 is 0 Å². The zero-order valence-corrected chi connectivity index (χ0v) is 11.2. The van der Waals surface area contributed by atoms with E-state index in [1.54, 1.807) is 12.1 Å². The molecule has 0 heterocycles. The first-order valence-electron chi connectivity index (χ1n) is 6.28. The Labute approximate surface area is 114 Å². The van der Waals surface area contributed by atoms with Gasteiger partial charge in [0, 0.05) is 12.1 Å². The van der Waals surface area contributed by atoms with Gasteiger partial charge in [-0.1, -0.05) is 49.1 Å². The lowest BCUT2D eigenvalue weighted by atomic mass is 10.1. The molecule has 0 radical (unpaired) electrons. The lowest BCUT2D eigenvalue weighted by Crippen LogP contribution is -2.33. The molecule has 0 aliphatic rings. The molecule has 0 bridgehead atoms. The van der Waals surface area contributed by atoms with Gasteiger partial charge in [0.05, 0.1) is 12.6 Å².